The summed E-state index contributed by atoms with van der Waals surface area (Å²) in [4.78, 5) is 3.99. The van der Waals surface area contributed by atoms with Crippen LogP contribution in [0.25, 0.3) is 0 Å². The molecule has 1 heterocycles. The lowest BCUT2D eigenvalue weighted by Crippen LogP contribution is -2.05. The van der Waals surface area contributed by atoms with Gasteiger partial charge in [-0.05, 0) is 58.2 Å². The first-order valence-electron chi connectivity index (χ1n) is 5.62. The largest absolute Gasteiger partial charge is 0.384 e. The Morgan fingerprint density at radius 3 is 2.67 bits per heavy atom. The number of anilines is 1. The molecule has 0 aliphatic heterocycles. The molecule has 3 nitrogen and oxygen atoms in total. The van der Waals surface area contributed by atoms with Gasteiger partial charge in [0, 0.05) is 29.1 Å². The van der Waals surface area contributed by atoms with E-state index in [2.05, 4.69) is 32.3 Å². The average Bonchev–Trinajstić information content (AvgIpc) is 2.42. The highest BCUT2D eigenvalue weighted by Crippen LogP contribution is 2.23. The Balaban J connectivity index is 1.93. The molecule has 1 aromatic heterocycles. The fourth-order valence-corrected chi connectivity index (χ4v) is 2.14. The number of benzene rings is 1. The van der Waals surface area contributed by atoms with Crippen LogP contribution in [0.4, 0.5) is 5.69 Å². The van der Waals surface area contributed by atoms with E-state index in [0.29, 0.717) is 5.56 Å². The van der Waals surface area contributed by atoms with E-state index in [1.807, 2.05) is 24.3 Å². The van der Waals surface area contributed by atoms with Gasteiger partial charge in [0.2, 0.25) is 0 Å². The molecule has 0 bridgehead atoms. The van der Waals surface area contributed by atoms with E-state index >= 15 is 0 Å². The fraction of sp³-hybridized carbons (Fsp3) is 0.143. The normalized spacial score (nSPS) is 9.78. The Morgan fingerprint density at radius 1 is 1.22 bits per heavy atom. The lowest BCUT2D eigenvalue weighted by atomic mass is 10.2. The SMILES string of the molecule is N#Cc1ccc(NCCc2ccncc2)c(Br)c1. The monoisotopic (exact) mass is 301 g/mol. The molecule has 2 aromatic rings. The molecule has 0 atom stereocenters. The molecule has 0 radical (unpaired) electrons. The molecule has 4 heteroatoms. The third-order valence-electron chi connectivity index (χ3n) is 2.58. The first kappa shape index (κ1) is 12.6. The first-order chi connectivity index (χ1) is 8.79. The van der Waals surface area contributed by atoms with Gasteiger partial charge in [0.15, 0.2) is 0 Å². The van der Waals surface area contributed by atoms with Crippen molar-refractivity contribution in [3.05, 3.63) is 58.3 Å². The molecule has 1 N–H and O–H groups in total. The van der Waals surface area contributed by atoms with E-state index in [1.54, 1.807) is 18.5 Å². The molecule has 0 fully saturated rings. The van der Waals surface area contributed by atoms with Gasteiger partial charge < -0.3 is 5.32 Å². The van der Waals surface area contributed by atoms with E-state index in [4.69, 9.17) is 5.26 Å². The van der Waals surface area contributed by atoms with E-state index in [9.17, 15) is 0 Å². The summed E-state index contributed by atoms with van der Waals surface area (Å²) in [6.07, 6.45) is 4.54. The Hall–Kier alpha value is -1.86. The van der Waals surface area contributed by atoms with Gasteiger partial charge in [0.25, 0.3) is 0 Å². The Labute approximate surface area is 115 Å². The van der Waals surface area contributed by atoms with Crippen molar-refractivity contribution in [2.24, 2.45) is 0 Å². The molecule has 90 valence electrons. The predicted octanol–water partition coefficient (Wildman–Crippen LogP) is 3.37. The minimum absolute atomic E-state index is 0.654. The molecular weight excluding hydrogens is 290 g/mol. The molecule has 18 heavy (non-hydrogen) atoms. The maximum absolute atomic E-state index is 8.78. The van der Waals surface area contributed by atoms with Crippen molar-refractivity contribution in [2.75, 3.05) is 11.9 Å². The molecule has 0 aliphatic carbocycles. The molecule has 0 amide bonds. The second kappa shape index (κ2) is 6.18. The Morgan fingerprint density at radius 2 is 2.00 bits per heavy atom. The summed E-state index contributed by atoms with van der Waals surface area (Å²) < 4.78 is 0.913. The predicted molar refractivity (Wildman–Crippen MR) is 75.3 cm³/mol. The van der Waals surface area contributed by atoms with Crippen molar-refractivity contribution in [3.8, 4) is 6.07 Å². The van der Waals surface area contributed by atoms with Gasteiger partial charge in [0.05, 0.1) is 11.6 Å². The van der Waals surface area contributed by atoms with Crippen LogP contribution in [0.2, 0.25) is 0 Å². The molecule has 0 aliphatic rings. The van der Waals surface area contributed by atoms with Gasteiger partial charge in [-0.1, -0.05) is 0 Å². The maximum Gasteiger partial charge on any atom is 0.0992 e. The van der Waals surface area contributed by atoms with Crippen molar-refractivity contribution in [1.29, 1.82) is 5.26 Å². The second-order valence-electron chi connectivity index (χ2n) is 3.84. The maximum atomic E-state index is 8.78. The molecule has 1 aromatic carbocycles. The number of nitrogens with one attached hydrogen (secondary N) is 1. The molecule has 0 saturated carbocycles. The number of pyridine rings is 1. The molecule has 2 rings (SSSR count). The van der Waals surface area contributed by atoms with Crippen LogP contribution < -0.4 is 5.32 Å². The molecular formula is C14H12BrN3. The molecule has 0 saturated heterocycles. The van der Waals surface area contributed by atoms with Crippen molar-refractivity contribution < 1.29 is 0 Å². The van der Waals surface area contributed by atoms with Gasteiger partial charge in [-0.2, -0.15) is 5.26 Å². The van der Waals surface area contributed by atoms with Crippen LogP contribution in [0, 0.1) is 11.3 Å². The van der Waals surface area contributed by atoms with Crippen molar-refractivity contribution in [2.45, 2.75) is 6.42 Å². The third kappa shape index (κ3) is 3.31. The zero-order valence-corrected chi connectivity index (χ0v) is 11.3. The van der Waals surface area contributed by atoms with E-state index < -0.39 is 0 Å². The Bertz CT molecular complexity index is 561. The fourth-order valence-electron chi connectivity index (χ4n) is 1.62. The van der Waals surface area contributed by atoms with Gasteiger partial charge in [-0.25, -0.2) is 0 Å². The van der Waals surface area contributed by atoms with Crippen LogP contribution >= 0.6 is 15.9 Å². The Kier molecular flexibility index (Phi) is 4.32. The minimum atomic E-state index is 0.654. The number of nitriles is 1. The number of halogens is 1. The smallest absolute Gasteiger partial charge is 0.0992 e. The lowest BCUT2D eigenvalue weighted by Gasteiger charge is -2.08. The highest BCUT2D eigenvalue weighted by Gasteiger charge is 2.00. The lowest BCUT2D eigenvalue weighted by molar-refractivity contribution is 1.01. The highest BCUT2D eigenvalue weighted by atomic mass is 79.9. The summed E-state index contributed by atoms with van der Waals surface area (Å²) in [7, 11) is 0. The second-order valence-corrected chi connectivity index (χ2v) is 4.69. The summed E-state index contributed by atoms with van der Waals surface area (Å²) in [5.74, 6) is 0. The van der Waals surface area contributed by atoms with Crippen molar-refractivity contribution >= 4 is 21.6 Å². The van der Waals surface area contributed by atoms with Crippen molar-refractivity contribution in [1.82, 2.24) is 4.98 Å². The van der Waals surface area contributed by atoms with Gasteiger partial charge in [-0.3, -0.25) is 4.98 Å². The number of aromatic nitrogens is 1. The number of hydrogen-bond donors (Lipinski definition) is 1. The summed E-state index contributed by atoms with van der Waals surface area (Å²) in [6.45, 7) is 0.842. The first-order valence-corrected chi connectivity index (χ1v) is 6.41. The van der Waals surface area contributed by atoms with Gasteiger partial charge in [0.1, 0.15) is 0 Å². The van der Waals surface area contributed by atoms with E-state index in [0.717, 1.165) is 23.1 Å². The summed E-state index contributed by atoms with van der Waals surface area (Å²) in [6, 6.07) is 11.7. The zero-order valence-electron chi connectivity index (χ0n) is 9.73. The number of rotatable bonds is 4. The van der Waals surface area contributed by atoms with Crippen LogP contribution in [0.15, 0.2) is 47.2 Å². The number of hydrogen-bond acceptors (Lipinski definition) is 3. The minimum Gasteiger partial charge on any atom is -0.384 e. The molecule has 0 spiro atoms. The van der Waals surface area contributed by atoms with Crippen LogP contribution in [0.1, 0.15) is 11.1 Å². The van der Waals surface area contributed by atoms with Crippen LogP contribution in [-0.4, -0.2) is 11.5 Å². The number of nitrogens with zero attached hydrogens (tertiary/aromatic N) is 2. The average molecular weight is 302 g/mol. The summed E-state index contributed by atoms with van der Waals surface area (Å²) >= 11 is 3.45. The van der Waals surface area contributed by atoms with Crippen LogP contribution in [0.3, 0.4) is 0 Å². The van der Waals surface area contributed by atoms with Crippen LogP contribution in [0.5, 0.6) is 0 Å². The third-order valence-corrected chi connectivity index (χ3v) is 3.23. The van der Waals surface area contributed by atoms with Crippen LogP contribution in [-0.2, 0) is 6.42 Å². The van der Waals surface area contributed by atoms with Gasteiger partial charge >= 0.3 is 0 Å². The summed E-state index contributed by atoms with van der Waals surface area (Å²) in [5, 5.41) is 12.1. The van der Waals surface area contributed by atoms with Crippen molar-refractivity contribution in [3.63, 3.8) is 0 Å². The van der Waals surface area contributed by atoms with E-state index in [1.165, 1.54) is 5.56 Å². The zero-order chi connectivity index (χ0) is 12.8. The quantitative estimate of drug-likeness (QED) is 0.942. The topological polar surface area (TPSA) is 48.7 Å². The summed E-state index contributed by atoms with van der Waals surface area (Å²) in [5.41, 5.74) is 2.91. The highest BCUT2D eigenvalue weighted by molar-refractivity contribution is 9.10. The van der Waals surface area contributed by atoms with E-state index in [-0.39, 0.29) is 0 Å². The standard InChI is InChI=1S/C14H12BrN3/c15-13-9-12(10-16)1-2-14(13)18-8-5-11-3-6-17-7-4-11/h1-4,6-7,9,18H,5,8H2. The van der Waals surface area contributed by atoms with Gasteiger partial charge in [-0.15, -0.1) is 0 Å². The molecule has 0 unspecified atom stereocenters.